The summed E-state index contributed by atoms with van der Waals surface area (Å²) in [6, 6.07) is 27.5. The molecule has 12 rings (SSSR count). The number of rotatable bonds is 18. The summed E-state index contributed by atoms with van der Waals surface area (Å²) in [6.07, 6.45) is 7.38. The maximum Gasteiger partial charge on any atom is 0.268 e. The number of amidine groups is 1. The molecule has 4 aromatic carbocycles. The predicted octanol–water partition coefficient (Wildman–Crippen LogP) is 9.27. The molecular weight excluding hydrogens is 1360 g/mol. The lowest BCUT2D eigenvalue weighted by atomic mass is 10.1. The van der Waals surface area contributed by atoms with Gasteiger partial charge in [-0.3, -0.25) is 38.4 Å². The van der Waals surface area contributed by atoms with E-state index in [1.165, 1.54) is 23.5 Å². The van der Waals surface area contributed by atoms with Gasteiger partial charge in [0.25, 0.3) is 45.9 Å². The number of aliphatic imine (C=N–C) groups is 1. The maximum atomic E-state index is 12.3. The number of aromatic hydroxyl groups is 4. The Balaban J connectivity index is 0.000000154. The van der Waals surface area contributed by atoms with Crippen LogP contribution in [0, 0.1) is 0 Å². The van der Waals surface area contributed by atoms with E-state index in [0.29, 0.717) is 60.6 Å². The van der Waals surface area contributed by atoms with Gasteiger partial charge in [-0.25, -0.2) is 4.99 Å². The van der Waals surface area contributed by atoms with E-state index in [9.17, 15) is 58.8 Å². The number of benzene rings is 4. The lowest BCUT2D eigenvalue weighted by Gasteiger charge is -2.08. The normalized spacial score (nSPS) is 13.0. The van der Waals surface area contributed by atoms with Gasteiger partial charge in [-0.05, 0) is 90.9 Å². The molecule has 0 saturated carbocycles. The second-order valence-electron chi connectivity index (χ2n) is 20.4. The Morgan fingerprint density at radius 1 is 0.475 bits per heavy atom. The van der Waals surface area contributed by atoms with Crippen LogP contribution in [-0.2, 0) is 5.75 Å². The van der Waals surface area contributed by atoms with E-state index in [-0.39, 0.29) is 32.3 Å². The third-order valence-corrected chi connectivity index (χ3v) is 15.8. The SMILES string of the molecule is CC(C)Sc1nc(O)c(C(=O)Nc2ccc(C3=CCN=N3)cc2)c(=O)[nH]1.CCSc1nc(O)c(C(=O)Nc2ccc(C3=CCN=N3)cc2)c(=O)[nH]1.CSc1nc(O)c(C(=O)Nc2ccc(C3=CCN=N3)cc2)c(=O)[nH]1.O=C(Nc1ccc(C2=NCN=N2)cc1)c1c(O)nc(CS)[nH]c1=O. The number of hydrogen-bond acceptors (Lipinski definition) is 29. The topological polar surface area (TPSA) is 492 Å². The maximum absolute atomic E-state index is 12.3. The Hall–Kier alpha value is -11.8. The minimum absolute atomic E-state index is 0.132. The van der Waals surface area contributed by atoms with Crippen molar-refractivity contribution in [3.8, 4) is 23.5 Å². The quantitative estimate of drug-likeness (QED) is 0.0216. The first-order valence-corrected chi connectivity index (χ1v) is 33.0. The summed E-state index contributed by atoms with van der Waals surface area (Å²) in [5, 5.41) is 81.9. The van der Waals surface area contributed by atoms with Crippen molar-refractivity contribution < 1.29 is 39.6 Å². The number of aromatic nitrogens is 8. The molecule has 0 unspecified atom stereocenters. The van der Waals surface area contributed by atoms with Gasteiger partial charge >= 0.3 is 0 Å². The monoisotopic (exact) mass is 1420 g/mol. The Bertz CT molecular complexity index is 4750. The average Bonchev–Trinajstić information content (AvgIpc) is 1.59. The van der Waals surface area contributed by atoms with Crippen LogP contribution in [-0.4, -0.2) is 133 Å². The van der Waals surface area contributed by atoms with Crippen LogP contribution >= 0.6 is 47.9 Å². The Kier molecular flexibility index (Phi) is 24.3. The number of aromatic amines is 4. The molecule has 0 atom stereocenters. The van der Waals surface area contributed by atoms with E-state index < -0.39 is 91.6 Å². The predicted molar refractivity (Wildman–Crippen MR) is 375 cm³/mol. The molecule has 4 aliphatic rings. The number of carbonyl (C=O) groups is 4. The van der Waals surface area contributed by atoms with E-state index in [4.69, 9.17) is 0 Å². The number of anilines is 4. The summed E-state index contributed by atoms with van der Waals surface area (Å²) in [6.45, 7) is 7.74. The fourth-order valence-electron chi connectivity index (χ4n) is 8.71. The van der Waals surface area contributed by atoms with E-state index in [0.717, 1.165) is 51.1 Å². The van der Waals surface area contributed by atoms with E-state index in [2.05, 4.69) is 120 Å². The standard InChI is InChI=1S/C17H17N5O3S.C16H15N5O3S.C15H13N5O3S.C14H12N6O3S/c1-9(2)26-17-20-15(24)13(16(25)21-17)14(23)19-11-5-3-10(4-6-11)12-7-8-18-22-12;1-2-25-16-19-14(23)12(15(24)20-16)13(22)18-10-5-3-9(4-6-10)11-7-8-17-21-11;1-24-15-18-13(22)11(14(23)19-15)12(21)17-9-4-2-8(3-5-9)10-6-7-16-20-10;21-12(10-13(22)18-9(5-24)19-14(10)23)17-8-3-1-7(2-4-8)11-15-6-16-20-11/h3-7,9H,8H2,1-2H3,(H,19,23)(H2,20,21,24,25);3-7H,2,8H2,1H3,(H,18,22)(H2,19,20,23,24);2-6H,7H2,1H3,(H,17,21)(H2,18,19,22,23);1-4,24H,5-6H2,(H,17,21)(H2,18,19,22,23). The van der Waals surface area contributed by atoms with Crippen LogP contribution in [0.3, 0.4) is 0 Å². The molecule has 4 amide bonds. The highest BCUT2D eigenvalue weighted by molar-refractivity contribution is 7.99. The molecule has 506 valence electrons. The number of hydrogen-bond donors (Lipinski definition) is 13. The molecule has 0 fully saturated rings. The van der Waals surface area contributed by atoms with Crippen LogP contribution in [0.15, 0.2) is 196 Å². The molecule has 37 heteroatoms. The third-order valence-electron chi connectivity index (χ3n) is 13.3. The summed E-state index contributed by atoms with van der Waals surface area (Å²) >= 11 is 7.65. The highest BCUT2D eigenvalue weighted by Crippen LogP contribution is 2.28. The fourth-order valence-corrected chi connectivity index (χ4v) is 10.6. The number of carbonyl (C=O) groups excluding carboxylic acids is 4. The smallest absolute Gasteiger partial charge is 0.268 e. The largest absolute Gasteiger partial charge is 0.493 e. The Labute approximate surface area is 576 Å². The number of amides is 4. The van der Waals surface area contributed by atoms with Gasteiger partial charge in [0.1, 0.15) is 5.82 Å². The van der Waals surface area contributed by atoms with Crippen molar-refractivity contribution in [2.45, 2.75) is 47.2 Å². The summed E-state index contributed by atoms with van der Waals surface area (Å²) in [5.74, 6) is -3.89. The minimum atomic E-state index is -0.766. The van der Waals surface area contributed by atoms with Crippen molar-refractivity contribution in [2.24, 2.45) is 45.9 Å². The molecule has 0 spiro atoms. The van der Waals surface area contributed by atoms with E-state index in [1.807, 2.05) is 39.0 Å². The molecule has 8 aromatic rings. The number of thiol groups is 1. The molecule has 33 nitrogen and oxygen atoms in total. The average molecular weight is 1420 g/mol. The second-order valence-corrected chi connectivity index (χ2v) is 24.3. The third kappa shape index (κ3) is 19.0. The zero-order chi connectivity index (χ0) is 70.7. The van der Waals surface area contributed by atoms with E-state index in [1.54, 1.807) is 103 Å². The second kappa shape index (κ2) is 33.7. The zero-order valence-corrected chi connectivity index (χ0v) is 55.7. The van der Waals surface area contributed by atoms with Crippen LogP contribution in [0.25, 0.3) is 17.1 Å². The highest BCUT2D eigenvalue weighted by atomic mass is 32.2. The van der Waals surface area contributed by atoms with Crippen molar-refractivity contribution in [1.82, 2.24) is 39.9 Å². The Morgan fingerprint density at radius 2 is 0.818 bits per heavy atom. The van der Waals surface area contributed by atoms with Gasteiger partial charge in [0.05, 0.1) is 36.7 Å². The van der Waals surface area contributed by atoms with Gasteiger partial charge in [-0.1, -0.05) is 92.5 Å². The lowest BCUT2D eigenvalue weighted by molar-refractivity contribution is 0.101. The van der Waals surface area contributed by atoms with Crippen molar-refractivity contribution in [3.05, 3.63) is 207 Å². The number of nitrogens with one attached hydrogen (secondary N) is 8. The molecular formula is C62H57N21O12S4. The van der Waals surface area contributed by atoms with Crippen LogP contribution in [0.1, 0.15) is 90.3 Å². The molecule has 0 bridgehead atoms. The van der Waals surface area contributed by atoms with Crippen molar-refractivity contribution in [2.75, 3.05) is 59.6 Å². The Morgan fingerprint density at radius 3 is 1.13 bits per heavy atom. The van der Waals surface area contributed by atoms with E-state index >= 15 is 0 Å². The van der Waals surface area contributed by atoms with Crippen molar-refractivity contribution >= 4 is 117 Å². The number of nitrogens with zero attached hydrogens (tertiary/aromatic N) is 13. The van der Waals surface area contributed by atoms with Crippen LogP contribution in [0.2, 0.25) is 0 Å². The van der Waals surface area contributed by atoms with Crippen LogP contribution in [0.4, 0.5) is 22.7 Å². The van der Waals surface area contributed by atoms with Gasteiger partial charge < -0.3 is 61.6 Å². The van der Waals surface area contributed by atoms with Crippen molar-refractivity contribution in [1.29, 1.82) is 0 Å². The lowest BCUT2D eigenvalue weighted by Crippen LogP contribution is -2.25. The molecule has 8 heterocycles. The summed E-state index contributed by atoms with van der Waals surface area (Å²) < 4.78 is 0. The molecule has 0 aliphatic carbocycles. The van der Waals surface area contributed by atoms with Crippen LogP contribution in [0.5, 0.6) is 23.5 Å². The highest BCUT2D eigenvalue weighted by Gasteiger charge is 2.24. The van der Waals surface area contributed by atoms with Gasteiger partial charge in [-0.2, -0.15) is 68.4 Å². The minimum Gasteiger partial charge on any atom is -0.493 e. The molecule has 12 N–H and O–H groups in total. The summed E-state index contributed by atoms with van der Waals surface area (Å²) in [5.41, 5.74) is 3.07. The number of thioether (sulfide) groups is 3. The molecule has 0 radical (unpaired) electrons. The van der Waals surface area contributed by atoms with Gasteiger partial charge in [0.2, 0.25) is 23.5 Å². The fraction of sp³-hybridized carbons (Fsp3) is 0.177. The summed E-state index contributed by atoms with van der Waals surface area (Å²) in [7, 11) is 0. The molecule has 0 saturated heterocycles. The first-order valence-electron chi connectivity index (χ1n) is 29.3. The van der Waals surface area contributed by atoms with Gasteiger partial charge in [0, 0.05) is 56.0 Å². The van der Waals surface area contributed by atoms with Crippen LogP contribution < -0.4 is 43.5 Å². The van der Waals surface area contributed by atoms with Gasteiger partial charge in [0.15, 0.2) is 50.2 Å². The number of H-pyrrole nitrogens is 4. The molecule has 4 aliphatic heterocycles. The van der Waals surface area contributed by atoms with Crippen molar-refractivity contribution in [3.63, 3.8) is 0 Å². The first-order chi connectivity index (χ1) is 47.7. The van der Waals surface area contributed by atoms with Gasteiger partial charge in [-0.15, -0.1) is 5.11 Å². The zero-order valence-electron chi connectivity index (χ0n) is 52.3. The first kappa shape index (κ1) is 71.5. The summed E-state index contributed by atoms with van der Waals surface area (Å²) in [4.78, 5) is 126. The number of azo groups is 4. The molecule has 4 aromatic heterocycles. The molecule has 99 heavy (non-hydrogen) atoms.